The number of hydrogen-bond donors (Lipinski definition) is 0. The number of rotatable bonds is 16. The number of nitrogens with zero attached hydrogens (tertiary/aromatic N) is 10. The normalized spacial score (nSPS) is 11.0. The van der Waals surface area contributed by atoms with Gasteiger partial charge in [0.25, 0.3) is 22.7 Å². The van der Waals surface area contributed by atoms with Crippen LogP contribution in [0.1, 0.15) is 30.9 Å². The first-order valence-electron chi connectivity index (χ1n) is 15.8. The molecule has 2 heterocycles. The van der Waals surface area contributed by atoms with E-state index in [0.29, 0.717) is 47.6 Å². The summed E-state index contributed by atoms with van der Waals surface area (Å²) in [5.74, 6) is 1.25. The number of nitro groups is 4. The average molecular weight is 755 g/mol. The maximum absolute atomic E-state index is 11.8. The van der Waals surface area contributed by atoms with Crippen LogP contribution in [0.5, 0.6) is 0 Å². The van der Waals surface area contributed by atoms with Gasteiger partial charge in [0.2, 0.25) is 10.3 Å². The van der Waals surface area contributed by atoms with Crippen LogP contribution in [-0.4, -0.2) is 49.2 Å². The van der Waals surface area contributed by atoms with Gasteiger partial charge in [0.1, 0.15) is 11.6 Å². The van der Waals surface area contributed by atoms with Gasteiger partial charge in [0.15, 0.2) is 0 Å². The summed E-state index contributed by atoms with van der Waals surface area (Å²) < 4.78 is 3.62. The number of aryl methyl sites for hydroxylation is 2. The fourth-order valence-electron chi connectivity index (χ4n) is 5.37. The van der Waals surface area contributed by atoms with Gasteiger partial charge >= 0.3 is 0 Å². The Morgan fingerprint density at radius 2 is 0.887 bits per heavy atom. The van der Waals surface area contributed by atoms with Crippen LogP contribution in [0.15, 0.2) is 117 Å². The molecule has 0 aliphatic rings. The van der Waals surface area contributed by atoms with Crippen molar-refractivity contribution in [3.05, 3.63) is 149 Å². The van der Waals surface area contributed by atoms with Crippen molar-refractivity contribution < 1.29 is 19.7 Å². The van der Waals surface area contributed by atoms with Crippen molar-refractivity contribution in [1.29, 1.82) is 0 Å². The van der Waals surface area contributed by atoms with Crippen LogP contribution in [0.4, 0.5) is 22.7 Å². The summed E-state index contributed by atoms with van der Waals surface area (Å²) in [6.07, 6.45) is 3.17. The molecular formula is C33H26N10O8S2. The fourth-order valence-corrected chi connectivity index (χ4v) is 7.27. The summed E-state index contributed by atoms with van der Waals surface area (Å²) >= 11 is 1.98. The maximum Gasteiger partial charge on any atom is 0.290 e. The van der Waals surface area contributed by atoms with Crippen LogP contribution < -0.4 is 0 Å². The first-order chi connectivity index (χ1) is 25.6. The molecule has 0 saturated heterocycles. The lowest BCUT2D eigenvalue weighted by Crippen LogP contribution is -2.05. The minimum atomic E-state index is -0.689. The van der Waals surface area contributed by atoms with Crippen molar-refractivity contribution in [3.8, 4) is 11.4 Å². The second kappa shape index (κ2) is 16.2. The second-order valence-corrected chi connectivity index (χ2v) is 13.3. The molecular weight excluding hydrogens is 729 g/mol. The van der Waals surface area contributed by atoms with E-state index in [9.17, 15) is 40.5 Å². The van der Waals surface area contributed by atoms with Crippen LogP contribution in [-0.2, 0) is 12.8 Å². The molecule has 0 fully saturated rings. The molecule has 0 amide bonds. The van der Waals surface area contributed by atoms with Crippen LogP contribution >= 0.6 is 23.5 Å². The van der Waals surface area contributed by atoms with E-state index in [0.717, 1.165) is 53.5 Å². The zero-order valence-corrected chi connectivity index (χ0v) is 29.0. The molecule has 0 bridgehead atoms. The van der Waals surface area contributed by atoms with E-state index in [1.165, 1.54) is 24.3 Å². The van der Waals surface area contributed by atoms with Gasteiger partial charge < -0.3 is 0 Å². The molecule has 20 heteroatoms. The Morgan fingerprint density at radius 1 is 0.491 bits per heavy atom. The highest BCUT2D eigenvalue weighted by Crippen LogP contribution is 2.39. The van der Waals surface area contributed by atoms with E-state index < -0.39 is 42.4 Å². The highest BCUT2D eigenvalue weighted by molar-refractivity contribution is 7.99. The predicted octanol–water partition coefficient (Wildman–Crippen LogP) is 7.74. The van der Waals surface area contributed by atoms with Crippen molar-refractivity contribution in [1.82, 2.24) is 29.5 Å². The Morgan fingerprint density at radius 3 is 1.25 bits per heavy atom. The highest BCUT2D eigenvalue weighted by atomic mass is 32.2. The molecule has 0 saturated carbocycles. The SMILES string of the molecule is O=[N+]([O-])c1ccc(Sc2nnc(CCCCCc3nnc(Sc4ccc([N+](=O)[O-])cc4[N+](=O)[O-])n3-c3ccccc3)n2-c2ccccc2)c([N+](=O)[O-])c1. The minimum Gasteiger partial charge on any atom is -0.274 e. The maximum atomic E-state index is 11.8. The molecule has 2 aromatic heterocycles. The summed E-state index contributed by atoms with van der Waals surface area (Å²) in [5.41, 5.74) is -0.121. The Labute approximate surface area is 307 Å². The first-order valence-corrected chi connectivity index (χ1v) is 17.4. The largest absolute Gasteiger partial charge is 0.290 e. The predicted molar refractivity (Wildman–Crippen MR) is 192 cm³/mol. The molecule has 0 aliphatic carbocycles. The Hall–Kier alpha value is -6.54. The number of nitro benzene ring substituents is 4. The van der Waals surface area contributed by atoms with Gasteiger partial charge in [-0.1, -0.05) is 42.8 Å². The summed E-state index contributed by atoms with van der Waals surface area (Å²) in [4.78, 5) is 43.7. The van der Waals surface area contributed by atoms with Gasteiger partial charge in [0, 0.05) is 36.3 Å². The smallest absolute Gasteiger partial charge is 0.274 e. The van der Waals surface area contributed by atoms with Crippen molar-refractivity contribution in [2.75, 3.05) is 0 Å². The quantitative estimate of drug-likeness (QED) is 0.0522. The van der Waals surface area contributed by atoms with Crippen LogP contribution in [0.25, 0.3) is 11.4 Å². The topological polar surface area (TPSA) is 234 Å². The number of benzene rings is 4. The highest BCUT2D eigenvalue weighted by Gasteiger charge is 2.25. The third-order valence-corrected chi connectivity index (χ3v) is 9.86. The lowest BCUT2D eigenvalue weighted by Gasteiger charge is -2.11. The van der Waals surface area contributed by atoms with Crippen molar-refractivity contribution in [2.24, 2.45) is 0 Å². The monoisotopic (exact) mass is 754 g/mol. The van der Waals surface area contributed by atoms with E-state index in [2.05, 4.69) is 20.4 Å². The molecule has 0 atom stereocenters. The van der Waals surface area contributed by atoms with Crippen LogP contribution in [0.2, 0.25) is 0 Å². The van der Waals surface area contributed by atoms with Gasteiger partial charge in [-0.15, -0.1) is 20.4 Å². The van der Waals surface area contributed by atoms with E-state index >= 15 is 0 Å². The standard InChI is InChI=1S/C33H26N10O8S2/c44-40(45)24-16-18-28(26(20-24)42(48)49)52-32-36-34-30(38(32)22-10-4-1-5-11-22)14-8-3-9-15-31-35-37-33(39(31)23-12-6-2-7-13-23)53-29-19-17-25(41(46)47)21-27(29)43(50)51/h1-2,4-7,10-13,16-21H,3,8-9,14-15H2. The molecule has 18 nitrogen and oxygen atoms in total. The number of aromatic nitrogens is 6. The number of hydrogen-bond acceptors (Lipinski definition) is 14. The third-order valence-electron chi connectivity index (χ3n) is 7.83. The van der Waals surface area contributed by atoms with E-state index in [4.69, 9.17) is 0 Å². The Kier molecular flexibility index (Phi) is 11.1. The van der Waals surface area contributed by atoms with E-state index in [-0.39, 0.29) is 9.79 Å². The molecule has 53 heavy (non-hydrogen) atoms. The van der Waals surface area contributed by atoms with E-state index in [1.54, 1.807) is 0 Å². The van der Waals surface area contributed by atoms with Crippen LogP contribution in [0.3, 0.4) is 0 Å². The zero-order chi connectivity index (χ0) is 37.5. The summed E-state index contributed by atoms with van der Waals surface area (Å²) in [7, 11) is 0. The summed E-state index contributed by atoms with van der Waals surface area (Å²) in [5, 5.41) is 64.2. The van der Waals surface area contributed by atoms with Gasteiger partial charge in [-0.2, -0.15) is 0 Å². The van der Waals surface area contributed by atoms with Gasteiger partial charge in [-0.05, 0) is 72.8 Å². The van der Waals surface area contributed by atoms with Crippen LogP contribution in [0, 0.1) is 40.5 Å². The molecule has 0 N–H and O–H groups in total. The molecule has 6 rings (SSSR count). The molecule has 0 radical (unpaired) electrons. The molecule has 0 unspecified atom stereocenters. The lowest BCUT2D eigenvalue weighted by atomic mass is 10.1. The van der Waals surface area contributed by atoms with Crippen molar-refractivity contribution >= 4 is 46.3 Å². The van der Waals surface area contributed by atoms with Gasteiger partial charge in [0.05, 0.1) is 41.6 Å². The molecule has 268 valence electrons. The second-order valence-electron chi connectivity index (χ2n) is 11.2. The molecule has 0 aliphatic heterocycles. The fraction of sp³-hybridized carbons (Fsp3) is 0.152. The Balaban J connectivity index is 1.18. The van der Waals surface area contributed by atoms with Gasteiger partial charge in [-0.3, -0.25) is 49.6 Å². The number of para-hydroxylation sites is 2. The first kappa shape index (κ1) is 36.3. The minimum absolute atomic E-state index is 0.181. The van der Waals surface area contributed by atoms with Crippen molar-refractivity contribution in [3.63, 3.8) is 0 Å². The average Bonchev–Trinajstić information content (AvgIpc) is 3.75. The molecule has 4 aromatic carbocycles. The zero-order valence-electron chi connectivity index (χ0n) is 27.3. The number of unbranched alkanes of at least 4 members (excludes halogenated alkanes) is 2. The molecule has 6 aromatic rings. The summed E-state index contributed by atoms with van der Waals surface area (Å²) in [6, 6.07) is 25.4. The lowest BCUT2D eigenvalue weighted by molar-refractivity contribution is -0.396. The van der Waals surface area contributed by atoms with Gasteiger partial charge in [-0.25, -0.2) is 0 Å². The number of non-ortho nitro benzene ring substituents is 2. The molecule has 0 spiro atoms. The van der Waals surface area contributed by atoms with E-state index in [1.807, 2.05) is 69.8 Å². The summed E-state index contributed by atoms with van der Waals surface area (Å²) in [6.45, 7) is 0. The third kappa shape index (κ3) is 8.34. The van der Waals surface area contributed by atoms with Crippen molar-refractivity contribution in [2.45, 2.75) is 52.2 Å². The Bertz CT molecular complexity index is 2160.